The van der Waals surface area contributed by atoms with E-state index in [1.165, 1.54) is 5.32 Å². The van der Waals surface area contributed by atoms with Crippen LogP contribution in [0.2, 0.25) is 0 Å². The van der Waals surface area contributed by atoms with Crippen LogP contribution >= 0.6 is 0 Å². The zero-order chi connectivity index (χ0) is 9.12. The second-order valence-corrected chi connectivity index (χ2v) is 1.83. The van der Waals surface area contributed by atoms with E-state index in [-0.39, 0.29) is 29.6 Å². The van der Waals surface area contributed by atoms with Gasteiger partial charge >= 0.3 is 12.4 Å². The maximum absolute atomic E-state index is 11.2. The smallest absolute Gasteiger partial charge is 0.301 e. The SMILES string of the molecule is FC(F)(F)CNCC(F)(F)F.[Na]. The van der Waals surface area contributed by atoms with Crippen molar-refractivity contribution in [2.45, 2.75) is 12.4 Å². The topological polar surface area (TPSA) is 12.0 Å². The Balaban J connectivity index is 0. The molecule has 0 fully saturated rings. The van der Waals surface area contributed by atoms with Crippen molar-refractivity contribution in [3.63, 3.8) is 0 Å². The third kappa shape index (κ3) is 13.2. The van der Waals surface area contributed by atoms with Gasteiger partial charge in [-0.3, -0.25) is 0 Å². The summed E-state index contributed by atoms with van der Waals surface area (Å²) in [6.07, 6.45) is -9.18. The van der Waals surface area contributed by atoms with E-state index in [0.717, 1.165) is 0 Å². The fourth-order valence-corrected chi connectivity index (χ4v) is 0.346. The number of hydrogen-bond acceptors (Lipinski definition) is 1. The fourth-order valence-electron chi connectivity index (χ4n) is 0.346. The van der Waals surface area contributed by atoms with E-state index in [4.69, 9.17) is 0 Å². The third-order valence-electron chi connectivity index (χ3n) is 0.651. The van der Waals surface area contributed by atoms with E-state index >= 15 is 0 Å². The van der Waals surface area contributed by atoms with Crippen molar-refractivity contribution in [3.8, 4) is 0 Å². The van der Waals surface area contributed by atoms with Crippen LogP contribution in [0.1, 0.15) is 0 Å². The summed E-state index contributed by atoms with van der Waals surface area (Å²) >= 11 is 0. The largest absolute Gasteiger partial charge is 0.401 e. The Bertz CT molecular complexity index is 104. The van der Waals surface area contributed by atoms with Crippen LogP contribution in [0.15, 0.2) is 0 Å². The van der Waals surface area contributed by atoms with Crippen LogP contribution in [0.25, 0.3) is 0 Å². The summed E-state index contributed by atoms with van der Waals surface area (Å²) < 4.78 is 67.2. The molecule has 0 aromatic rings. The molecule has 0 rings (SSSR count). The standard InChI is InChI=1S/C4H5F6N.Na/c5-3(6,7)1-11-2-4(8,9)10;/h11H,1-2H2;. The number of rotatable bonds is 2. The molecule has 0 bridgehead atoms. The molecule has 1 radical (unpaired) electrons. The molecule has 8 heteroatoms. The van der Waals surface area contributed by atoms with Gasteiger partial charge in [0, 0.05) is 29.6 Å². The predicted molar refractivity (Wildman–Crippen MR) is 30.7 cm³/mol. The average molecular weight is 204 g/mol. The van der Waals surface area contributed by atoms with E-state index in [9.17, 15) is 26.3 Å². The van der Waals surface area contributed by atoms with Crippen molar-refractivity contribution in [1.29, 1.82) is 0 Å². The first-order chi connectivity index (χ1) is 4.71. The molecule has 12 heavy (non-hydrogen) atoms. The summed E-state index contributed by atoms with van der Waals surface area (Å²) in [6.45, 7) is -3.24. The Morgan fingerprint density at radius 3 is 1.17 bits per heavy atom. The number of alkyl halides is 6. The predicted octanol–water partition coefficient (Wildman–Crippen LogP) is 1.32. The van der Waals surface area contributed by atoms with Crippen LogP contribution in [0.5, 0.6) is 0 Å². The maximum atomic E-state index is 11.2. The van der Waals surface area contributed by atoms with Crippen LogP contribution in [0, 0.1) is 0 Å². The molecule has 0 aliphatic carbocycles. The number of halogens is 6. The van der Waals surface area contributed by atoms with Gasteiger partial charge in [-0.25, -0.2) is 0 Å². The first kappa shape index (κ1) is 15.0. The molecule has 0 saturated carbocycles. The summed E-state index contributed by atoms with van der Waals surface area (Å²) in [5, 5.41) is 1.22. The van der Waals surface area contributed by atoms with Gasteiger partial charge in [0.25, 0.3) is 0 Å². The Morgan fingerprint density at radius 1 is 0.750 bits per heavy atom. The second kappa shape index (κ2) is 5.31. The van der Waals surface area contributed by atoms with E-state index < -0.39 is 25.4 Å². The molecule has 0 atom stereocenters. The van der Waals surface area contributed by atoms with Gasteiger partial charge in [0.05, 0.1) is 13.1 Å². The van der Waals surface area contributed by atoms with Gasteiger partial charge in [-0.2, -0.15) is 26.3 Å². The van der Waals surface area contributed by atoms with Crippen LogP contribution in [-0.2, 0) is 0 Å². The molecule has 0 aliphatic heterocycles. The summed E-state index contributed by atoms with van der Waals surface area (Å²) in [5.74, 6) is 0. The molecule has 0 amide bonds. The van der Waals surface area contributed by atoms with E-state index in [2.05, 4.69) is 0 Å². The molecule has 0 aromatic heterocycles. The molecule has 0 unspecified atom stereocenters. The molecule has 69 valence electrons. The molecule has 0 saturated heterocycles. The maximum Gasteiger partial charge on any atom is 0.401 e. The zero-order valence-electron chi connectivity index (χ0n) is 6.18. The van der Waals surface area contributed by atoms with Gasteiger partial charge in [0.2, 0.25) is 0 Å². The van der Waals surface area contributed by atoms with Crippen LogP contribution in [0.3, 0.4) is 0 Å². The quantitative estimate of drug-likeness (QED) is 0.528. The third-order valence-corrected chi connectivity index (χ3v) is 0.651. The molecule has 1 nitrogen and oxygen atoms in total. The first-order valence-corrected chi connectivity index (χ1v) is 2.55. The van der Waals surface area contributed by atoms with Crippen LogP contribution in [0.4, 0.5) is 26.3 Å². The van der Waals surface area contributed by atoms with Gasteiger partial charge < -0.3 is 5.32 Å². The molecule has 0 aromatic carbocycles. The molecular formula is C4H5F6NNa. The van der Waals surface area contributed by atoms with E-state index in [1.807, 2.05) is 0 Å². The molecule has 0 spiro atoms. The minimum Gasteiger partial charge on any atom is -0.301 e. The Kier molecular flexibility index (Phi) is 6.65. The van der Waals surface area contributed by atoms with Crippen molar-refractivity contribution in [1.82, 2.24) is 5.32 Å². The molecule has 0 heterocycles. The number of hydrogen-bond donors (Lipinski definition) is 1. The summed E-state index contributed by atoms with van der Waals surface area (Å²) in [5.41, 5.74) is 0. The molecule has 1 N–H and O–H groups in total. The molecule has 0 aliphatic rings. The van der Waals surface area contributed by atoms with Crippen molar-refractivity contribution in [2.24, 2.45) is 0 Å². The summed E-state index contributed by atoms with van der Waals surface area (Å²) in [7, 11) is 0. The first-order valence-electron chi connectivity index (χ1n) is 2.55. The van der Waals surface area contributed by atoms with E-state index in [0.29, 0.717) is 0 Å². The van der Waals surface area contributed by atoms with Gasteiger partial charge in [-0.05, 0) is 0 Å². The second-order valence-electron chi connectivity index (χ2n) is 1.83. The molecular weight excluding hydrogens is 199 g/mol. The Hall–Kier alpha value is 0.540. The summed E-state index contributed by atoms with van der Waals surface area (Å²) in [4.78, 5) is 0. The normalized spacial score (nSPS) is 12.5. The number of nitrogens with one attached hydrogen (secondary N) is 1. The van der Waals surface area contributed by atoms with Crippen LogP contribution in [-0.4, -0.2) is 55.0 Å². The zero-order valence-corrected chi connectivity index (χ0v) is 8.18. The minimum absolute atomic E-state index is 0. The van der Waals surface area contributed by atoms with Crippen molar-refractivity contribution in [2.75, 3.05) is 13.1 Å². The van der Waals surface area contributed by atoms with Gasteiger partial charge in [-0.15, -0.1) is 0 Å². The average Bonchev–Trinajstić information content (AvgIpc) is 1.55. The van der Waals surface area contributed by atoms with E-state index in [1.54, 1.807) is 0 Å². The van der Waals surface area contributed by atoms with Gasteiger partial charge in [-0.1, -0.05) is 0 Å². The minimum atomic E-state index is -4.59. The van der Waals surface area contributed by atoms with Gasteiger partial charge in [0.15, 0.2) is 0 Å². The monoisotopic (exact) mass is 204 g/mol. The van der Waals surface area contributed by atoms with Crippen molar-refractivity contribution < 1.29 is 26.3 Å². The Labute approximate surface area is 86.8 Å². The van der Waals surface area contributed by atoms with Gasteiger partial charge in [0.1, 0.15) is 0 Å². The Morgan fingerprint density at radius 2 is 1.00 bits per heavy atom. The van der Waals surface area contributed by atoms with Crippen LogP contribution < -0.4 is 5.32 Å². The fraction of sp³-hybridized carbons (Fsp3) is 1.00. The van der Waals surface area contributed by atoms with Crippen molar-refractivity contribution in [3.05, 3.63) is 0 Å². The van der Waals surface area contributed by atoms with Crippen molar-refractivity contribution >= 4 is 29.6 Å². The summed E-state index contributed by atoms with van der Waals surface area (Å²) in [6, 6.07) is 0.